The lowest BCUT2D eigenvalue weighted by Crippen LogP contribution is -2.28. The molecule has 1 aromatic carbocycles. The summed E-state index contributed by atoms with van der Waals surface area (Å²) in [4.78, 5) is 10.9. The standard InChI is InChI=1S/C10H10F3NO4S.C2H6/c1-5-3-7(9(14)15)4-6(2)8(5)18-19(16,17)10(11,12)13;1-2/h3-4H,1-2H3,(H2,14,15);1-2H3. The lowest BCUT2D eigenvalue weighted by atomic mass is 10.1. The second-order valence-corrected chi connectivity index (χ2v) is 5.32. The van der Waals surface area contributed by atoms with Crippen molar-refractivity contribution in [1.29, 1.82) is 0 Å². The van der Waals surface area contributed by atoms with Gasteiger partial charge in [0.05, 0.1) is 0 Å². The van der Waals surface area contributed by atoms with Gasteiger partial charge in [-0.05, 0) is 37.1 Å². The first kappa shape index (κ1) is 19.2. The van der Waals surface area contributed by atoms with E-state index in [4.69, 9.17) is 5.73 Å². The van der Waals surface area contributed by atoms with Gasteiger partial charge in [-0.25, -0.2) is 0 Å². The van der Waals surface area contributed by atoms with E-state index in [-0.39, 0.29) is 16.7 Å². The van der Waals surface area contributed by atoms with Crippen molar-refractivity contribution in [1.82, 2.24) is 0 Å². The second kappa shape index (κ2) is 6.79. The molecule has 9 heteroatoms. The molecule has 0 heterocycles. The first-order valence-electron chi connectivity index (χ1n) is 5.87. The third kappa shape index (κ3) is 4.62. The number of alkyl halides is 3. The Morgan fingerprint density at radius 2 is 1.52 bits per heavy atom. The van der Waals surface area contributed by atoms with Gasteiger partial charge in [0, 0.05) is 5.56 Å². The van der Waals surface area contributed by atoms with E-state index in [2.05, 4.69) is 4.18 Å². The zero-order chi connectivity index (χ0) is 17.0. The van der Waals surface area contributed by atoms with Crippen LogP contribution in [0.4, 0.5) is 13.2 Å². The average molecular weight is 327 g/mol. The van der Waals surface area contributed by atoms with Crippen molar-refractivity contribution < 1.29 is 30.6 Å². The Labute approximate surface area is 121 Å². The molecule has 0 aliphatic heterocycles. The minimum absolute atomic E-state index is 0.0479. The summed E-state index contributed by atoms with van der Waals surface area (Å²) in [7, 11) is -5.75. The maximum absolute atomic E-state index is 12.2. The Morgan fingerprint density at radius 1 is 1.14 bits per heavy atom. The number of hydrogen-bond donors (Lipinski definition) is 1. The zero-order valence-electron chi connectivity index (χ0n) is 11.9. The van der Waals surface area contributed by atoms with Crippen molar-refractivity contribution in [2.75, 3.05) is 0 Å². The first-order chi connectivity index (χ1) is 9.45. The van der Waals surface area contributed by atoms with Gasteiger partial charge < -0.3 is 9.92 Å². The highest BCUT2D eigenvalue weighted by Gasteiger charge is 2.48. The largest absolute Gasteiger partial charge is 0.534 e. The molecule has 0 aliphatic carbocycles. The molecular formula is C12H16F3NO4S. The van der Waals surface area contributed by atoms with E-state index in [0.29, 0.717) is 0 Å². The number of carbonyl (C=O) groups excluding carboxylic acids is 1. The van der Waals surface area contributed by atoms with E-state index in [1.165, 1.54) is 13.8 Å². The normalized spacial score (nSPS) is 11.4. The number of rotatable bonds is 3. The van der Waals surface area contributed by atoms with Gasteiger partial charge in [0.25, 0.3) is 0 Å². The molecule has 0 aliphatic rings. The SMILES string of the molecule is CC.Cc1cc(C(N)=O)cc(C)c1OS(=O)(=O)C(F)(F)F. The van der Waals surface area contributed by atoms with E-state index in [1.54, 1.807) is 0 Å². The van der Waals surface area contributed by atoms with Gasteiger partial charge in [-0.15, -0.1) is 0 Å². The molecule has 0 radical (unpaired) electrons. The van der Waals surface area contributed by atoms with Gasteiger partial charge in [-0.3, -0.25) is 4.79 Å². The number of halogens is 3. The summed E-state index contributed by atoms with van der Waals surface area (Å²) in [5.74, 6) is -1.25. The molecule has 0 spiro atoms. The summed E-state index contributed by atoms with van der Waals surface area (Å²) in [6.07, 6.45) is 0. The van der Waals surface area contributed by atoms with E-state index in [9.17, 15) is 26.4 Å². The first-order valence-corrected chi connectivity index (χ1v) is 7.28. The zero-order valence-corrected chi connectivity index (χ0v) is 12.7. The third-order valence-corrected chi connectivity index (χ3v) is 3.17. The van der Waals surface area contributed by atoms with E-state index >= 15 is 0 Å². The molecule has 0 aromatic heterocycles. The Kier molecular flexibility index (Phi) is 6.22. The van der Waals surface area contributed by atoms with Crippen LogP contribution < -0.4 is 9.92 Å². The summed E-state index contributed by atoms with van der Waals surface area (Å²) in [5.41, 5.74) is -0.337. The van der Waals surface area contributed by atoms with Gasteiger partial charge >= 0.3 is 15.6 Å². The topological polar surface area (TPSA) is 86.5 Å². The number of benzene rings is 1. The summed E-state index contributed by atoms with van der Waals surface area (Å²) < 4.78 is 62.5. The number of hydrogen-bond acceptors (Lipinski definition) is 4. The fraction of sp³-hybridized carbons (Fsp3) is 0.417. The fourth-order valence-electron chi connectivity index (χ4n) is 1.38. The molecule has 1 amide bonds. The highest BCUT2D eigenvalue weighted by atomic mass is 32.2. The predicted molar refractivity (Wildman–Crippen MR) is 71.4 cm³/mol. The van der Waals surface area contributed by atoms with Crippen molar-refractivity contribution in [3.8, 4) is 5.75 Å². The second-order valence-electron chi connectivity index (χ2n) is 3.79. The van der Waals surface area contributed by atoms with Crippen LogP contribution in [0, 0.1) is 13.8 Å². The smallest absolute Gasteiger partial charge is 0.375 e. The van der Waals surface area contributed by atoms with Crippen molar-refractivity contribution in [2.45, 2.75) is 33.2 Å². The van der Waals surface area contributed by atoms with Crippen LogP contribution in [-0.2, 0) is 10.1 Å². The molecule has 0 saturated carbocycles. The number of amides is 1. The van der Waals surface area contributed by atoms with Gasteiger partial charge in [0.2, 0.25) is 5.91 Å². The van der Waals surface area contributed by atoms with E-state index in [1.807, 2.05) is 13.8 Å². The Hall–Kier alpha value is -1.77. The van der Waals surface area contributed by atoms with Gasteiger partial charge in [0.15, 0.2) is 0 Å². The van der Waals surface area contributed by atoms with Crippen LogP contribution in [0.5, 0.6) is 5.75 Å². The van der Waals surface area contributed by atoms with Gasteiger partial charge in [-0.1, -0.05) is 13.8 Å². The summed E-state index contributed by atoms with van der Waals surface area (Å²) in [5, 5.41) is 0. The lowest BCUT2D eigenvalue weighted by Gasteiger charge is -2.14. The molecule has 120 valence electrons. The number of carbonyl (C=O) groups is 1. The Bertz CT molecular complexity index is 601. The molecule has 21 heavy (non-hydrogen) atoms. The number of aryl methyl sites for hydroxylation is 2. The Morgan fingerprint density at radius 3 is 1.81 bits per heavy atom. The molecular weight excluding hydrogens is 311 g/mol. The average Bonchev–Trinajstić information content (AvgIpc) is 2.34. The molecule has 0 unspecified atom stereocenters. The molecule has 0 bridgehead atoms. The van der Waals surface area contributed by atoms with Crippen LogP contribution in [-0.4, -0.2) is 19.8 Å². The van der Waals surface area contributed by atoms with E-state index in [0.717, 1.165) is 12.1 Å². The predicted octanol–water partition coefficient (Wildman–Crippen LogP) is 2.66. The number of nitrogens with two attached hydrogens (primary N) is 1. The van der Waals surface area contributed by atoms with Crippen molar-refractivity contribution in [3.05, 3.63) is 28.8 Å². The third-order valence-electron chi connectivity index (χ3n) is 2.22. The lowest BCUT2D eigenvalue weighted by molar-refractivity contribution is -0.0500. The van der Waals surface area contributed by atoms with Crippen LogP contribution in [0.1, 0.15) is 35.3 Å². The number of primary amides is 1. The van der Waals surface area contributed by atoms with E-state index < -0.39 is 27.3 Å². The maximum atomic E-state index is 12.2. The van der Waals surface area contributed by atoms with Crippen LogP contribution >= 0.6 is 0 Å². The molecule has 0 fully saturated rings. The van der Waals surface area contributed by atoms with Crippen molar-refractivity contribution in [2.24, 2.45) is 5.73 Å². The minimum Gasteiger partial charge on any atom is -0.375 e. The Balaban J connectivity index is 0.00000191. The van der Waals surface area contributed by atoms with Gasteiger partial charge in [0.1, 0.15) is 5.75 Å². The monoisotopic (exact) mass is 327 g/mol. The molecule has 2 N–H and O–H groups in total. The van der Waals surface area contributed by atoms with Crippen molar-refractivity contribution >= 4 is 16.0 Å². The maximum Gasteiger partial charge on any atom is 0.534 e. The minimum atomic E-state index is -5.75. The molecule has 1 aromatic rings. The summed E-state index contributed by atoms with van der Waals surface area (Å²) in [6, 6.07) is 2.30. The van der Waals surface area contributed by atoms with Crippen LogP contribution in [0.3, 0.4) is 0 Å². The van der Waals surface area contributed by atoms with Crippen LogP contribution in [0.2, 0.25) is 0 Å². The molecule has 0 saturated heterocycles. The quantitative estimate of drug-likeness (QED) is 0.683. The van der Waals surface area contributed by atoms with Gasteiger partial charge in [-0.2, -0.15) is 21.6 Å². The van der Waals surface area contributed by atoms with Crippen LogP contribution in [0.25, 0.3) is 0 Å². The summed E-state index contributed by atoms with van der Waals surface area (Å²) >= 11 is 0. The molecule has 5 nitrogen and oxygen atoms in total. The molecule has 1 rings (SSSR count). The molecule has 0 atom stereocenters. The van der Waals surface area contributed by atoms with Crippen LogP contribution in [0.15, 0.2) is 12.1 Å². The highest BCUT2D eigenvalue weighted by molar-refractivity contribution is 7.88. The fourth-order valence-corrected chi connectivity index (χ4v) is 1.96. The van der Waals surface area contributed by atoms with Crippen molar-refractivity contribution in [3.63, 3.8) is 0 Å². The highest BCUT2D eigenvalue weighted by Crippen LogP contribution is 2.31. The summed E-state index contributed by atoms with van der Waals surface area (Å²) in [6.45, 7) is 6.61.